The summed E-state index contributed by atoms with van der Waals surface area (Å²) in [6.45, 7) is 5.04. The third-order valence-corrected chi connectivity index (χ3v) is 3.93. The summed E-state index contributed by atoms with van der Waals surface area (Å²) < 4.78 is 14.5. The van der Waals surface area contributed by atoms with Crippen LogP contribution in [0.15, 0.2) is 41.0 Å². The largest absolute Gasteiger partial charge is 0.310 e. The maximum Gasteiger partial charge on any atom is 0.123 e. The minimum Gasteiger partial charge on any atom is -0.310 e. The Morgan fingerprint density at radius 2 is 2.10 bits per heavy atom. The summed E-state index contributed by atoms with van der Waals surface area (Å²) in [5, 5.41) is 3.50. The average molecular weight is 351 g/mol. The van der Waals surface area contributed by atoms with Gasteiger partial charge in [0.1, 0.15) is 5.82 Å². The Labute approximate surface area is 133 Å². The van der Waals surface area contributed by atoms with Crippen molar-refractivity contribution in [3.05, 3.63) is 63.6 Å². The molecular formula is C17H20BrFN2. The van der Waals surface area contributed by atoms with Gasteiger partial charge in [-0.3, -0.25) is 4.98 Å². The van der Waals surface area contributed by atoms with Gasteiger partial charge in [-0.15, -0.1) is 0 Å². The first-order valence-electron chi connectivity index (χ1n) is 7.20. The molecule has 0 aliphatic carbocycles. The predicted molar refractivity (Wildman–Crippen MR) is 87.8 cm³/mol. The zero-order chi connectivity index (χ0) is 15.2. The van der Waals surface area contributed by atoms with Gasteiger partial charge in [0, 0.05) is 28.8 Å². The number of benzene rings is 1. The van der Waals surface area contributed by atoms with Crippen LogP contribution in [0, 0.1) is 12.7 Å². The van der Waals surface area contributed by atoms with E-state index >= 15 is 0 Å². The van der Waals surface area contributed by atoms with E-state index < -0.39 is 0 Å². The monoisotopic (exact) mass is 350 g/mol. The van der Waals surface area contributed by atoms with Gasteiger partial charge < -0.3 is 5.32 Å². The molecule has 0 saturated heterocycles. The first kappa shape index (κ1) is 16.1. The van der Waals surface area contributed by atoms with Gasteiger partial charge in [-0.2, -0.15) is 0 Å². The topological polar surface area (TPSA) is 24.9 Å². The molecule has 2 nitrogen and oxygen atoms in total. The SMILES string of the molecule is CCCNC(Cc1ccc(Br)cn1)c1cc(F)ccc1C. The van der Waals surface area contributed by atoms with Gasteiger partial charge in [-0.05, 0) is 71.2 Å². The summed E-state index contributed by atoms with van der Waals surface area (Å²) in [4.78, 5) is 4.42. The first-order valence-corrected chi connectivity index (χ1v) is 7.99. The van der Waals surface area contributed by atoms with E-state index in [0.717, 1.165) is 40.7 Å². The molecule has 21 heavy (non-hydrogen) atoms. The van der Waals surface area contributed by atoms with Gasteiger partial charge in [-0.25, -0.2) is 4.39 Å². The Kier molecular flexibility index (Phi) is 5.88. The summed E-state index contributed by atoms with van der Waals surface area (Å²) in [6, 6.07) is 9.03. The number of nitrogens with one attached hydrogen (secondary N) is 1. The Morgan fingerprint density at radius 1 is 1.29 bits per heavy atom. The van der Waals surface area contributed by atoms with Crippen molar-refractivity contribution in [3.63, 3.8) is 0 Å². The quantitative estimate of drug-likeness (QED) is 0.824. The normalized spacial score (nSPS) is 12.4. The van der Waals surface area contributed by atoms with E-state index in [1.54, 1.807) is 12.3 Å². The molecule has 1 atom stereocenters. The molecule has 1 aromatic carbocycles. The van der Waals surface area contributed by atoms with Crippen LogP contribution in [0.4, 0.5) is 4.39 Å². The van der Waals surface area contributed by atoms with Crippen LogP contribution in [0.3, 0.4) is 0 Å². The molecule has 1 heterocycles. The van der Waals surface area contributed by atoms with Crippen LogP contribution in [0.25, 0.3) is 0 Å². The standard InChI is InChI=1S/C17H20BrFN2/c1-3-8-20-17(10-15-7-5-13(18)11-21-15)16-9-14(19)6-4-12(16)2/h4-7,9,11,17,20H,3,8,10H2,1-2H3. The van der Waals surface area contributed by atoms with Gasteiger partial charge in [-0.1, -0.05) is 13.0 Å². The average Bonchev–Trinajstić information content (AvgIpc) is 2.48. The first-order chi connectivity index (χ1) is 10.1. The second-order valence-corrected chi connectivity index (χ2v) is 6.10. The smallest absolute Gasteiger partial charge is 0.123 e. The molecular weight excluding hydrogens is 331 g/mol. The van der Waals surface area contributed by atoms with Crippen LogP contribution in [-0.2, 0) is 6.42 Å². The molecule has 1 N–H and O–H groups in total. The number of aromatic nitrogens is 1. The molecule has 1 aromatic heterocycles. The number of pyridine rings is 1. The highest BCUT2D eigenvalue weighted by Crippen LogP contribution is 2.23. The van der Waals surface area contributed by atoms with Crippen LogP contribution < -0.4 is 5.32 Å². The molecule has 1 unspecified atom stereocenters. The molecule has 2 aromatic rings. The third kappa shape index (κ3) is 4.61. The molecule has 0 aliphatic rings. The van der Waals surface area contributed by atoms with Crippen molar-refractivity contribution in [3.8, 4) is 0 Å². The molecule has 112 valence electrons. The Bertz CT molecular complexity index is 584. The van der Waals surface area contributed by atoms with Gasteiger partial charge in [0.15, 0.2) is 0 Å². The van der Waals surface area contributed by atoms with Gasteiger partial charge in [0.05, 0.1) is 0 Å². The molecule has 2 rings (SSSR count). The van der Waals surface area contributed by atoms with Crippen LogP contribution in [0.5, 0.6) is 0 Å². The fraction of sp³-hybridized carbons (Fsp3) is 0.353. The van der Waals surface area contributed by atoms with Crippen LogP contribution in [0.2, 0.25) is 0 Å². The van der Waals surface area contributed by atoms with Crippen molar-refractivity contribution in [2.24, 2.45) is 0 Å². The van der Waals surface area contributed by atoms with E-state index in [-0.39, 0.29) is 11.9 Å². The highest BCUT2D eigenvalue weighted by atomic mass is 79.9. The number of hydrogen-bond donors (Lipinski definition) is 1. The van der Waals surface area contributed by atoms with Crippen LogP contribution in [-0.4, -0.2) is 11.5 Å². The zero-order valence-electron chi connectivity index (χ0n) is 12.4. The Balaban J connectivity index is 2.25. The molecule has 0 spiro atoms. The van der Waals surface area contributed by atoms with Crippen molar-refractivity contribution < 1.29 is 4.39 Å². The molecule has 0 aliphatic heterocycles. The molecule has 0 amide bonds. The number of halogens is 2. The fourth-order valence-corrected chi connectivity index (χ4v) is 2.57. The molecule has 0 fully saturated rings. The van der Waals surface area contributed by atoms with Gasteiger partial charge >= 0.3 is 0 Å². The summed E-state index contributed by atoms with van der Waals surface area (Å²) >= 11 is 3.39. The van der Waals surface area contributed by atoms with Crippen molar-refractivity contribution in [1.29, 1.82) is 0 Å². The number of nitrogens with zero attached hydrogens (tertiary/aromatic N) is 1. The number of rotatable bonds is 6. The molecule has 0 radical (unpaired) electrons. The Morgan fingerprint density at radius 3 is 2.76 bits per heavy atom. The lowest BCUT2D eigenvalue weighted by Crippen LogP contribution is -2.25. The third-order valence-electron chi connectivity index (χ3n) is 3.46. The number of aryl methyl sites for hydroxylation is 1. The lowest BCUT2D eigenvalue weighted by molar-refractivity contribution is 0.517. The minimum atomic E-state index is -0.192. The van der Waals surface area contributed by atoms with E-state index in [1.165, 1.54) is 6.07 Å². The highest BCUT2D eigenvalue weighted by Gasteiger charge is 2.15. The van der Waals surface area contributed by atoms with Gasteiger partial charge in [0.25, 0.3) is 0 Å². The zero-order valence-corrected chi connectivity index (χ0v) is 14.0. The predicted octanol–water partition coefficient (Wildman–Crippen LogP) is 4.58. The second kappa shape index (κ2) is 7.66. The van der Waals surface area contributed by atoms with E-state index in [0.29, 0.717) is 0 Å². The van der Waals surface area contributed by atoms with E-state index in [2.05, 4.69) is 33.2 Å². The second-order valence-electron chi connectivity index (χ2n) is 5.18. The van der Waals surface area contributed by atoms with Crippen molar-refractivity contribution in [1.82, 2.24) is 10.3 Å². The lowest BCUT2D eigenvalue weighted by atomic mass is 9.97. The van der Waals surface area contributed by atoms with Crippen molar-refractivity contribution >= 4 is 15.9 Å². The highest BCUT2D eigenvalue weighted by molar-refractivity contribution is 9.10. The molecule has 0 saturated carbocycles. The minimum absolute atomic E-state index is 0.0781. The summed E-state index contributed by atoms with van der Waals surface area (Å²) in [5.41, 5.74) is 3.10. The van der Waals surface area contributed by atoms with Gasteiger partial charge in [0.2, 0.25) is 0 Å². The maximum atomic E-state index is 13.6. The maximum absolute atomic E-state index is 13.6. The van der Waals surface area contributed by atoms with Crippen LogP contribution >= 0.6 is 15.9 Å². The van der Waals surface area contributed by atoms with E-state index in [9.17, 15) is 4.39 Å². The summed E-state index contributed by atoms with van der Waals surface area (Å²) in [5.74, 6) is -0.192. The summed E-state index contributed by atoms with van der Waals surface area (Å²) in [7, 11) is 0. The molecule has 4 heteroatoms. The van der Waals surface area contributed by atoms with Crippen molar-refractivity contribution in [2.45, 2.75) is 32.7 Å². The number of hydrogen-bond acceptors (Lipinski definition) is 2. The fourth-order valence-electron chi connectivity index (χ4n) is 2.33. The Hall–Kier alpha value is -1.26. The summed E-state index contributed by atoms with van der Waals surface area (Å²) in [6.07, 6.45) is 3.58. The van der Waals surface area contributed by atoms with E-state index in [4.69, 9.17) is 0 Å². The molecule has 0 bridgehead atoms. The van der Waals surface area contributed by atoms with Crippen molar-refractivity contribution in [2.75, 3.05) is 6.54 Å². The van der Waals surface area contributed by atoms with Crippen LogP contribution in [0.1, 0.15) is 36.2 Å². The van der Waals surface area contributed by atoms with E-state index in [1.807, 2.05) is 25.1 Å². The lowest BCUT2D eigenvalue weighted by Gasteiger charge is -2.21.